The molecule has 0 radical (unpaired) electrons. The highest BCUT2D eigenvalue weighted by atomic mass is 32.1. The minimum atomic E-state index is -0.909. The molecule has 0 spiro atoms. The monoisotopic (exact) mass is 691 g/mol. The van der Waals surface area contributed by atoms with E-state index in [9.17, 15) is 0 Å². The summed E-state index contributed by atoms with van der Waals surface area (Å²) >= 11 is 1.92. The SMILES string of the molecule is C1=CC(c2ccccn2)Cc2c(-n3c4ccccc4c4cc5sc6c7ccccc7n(P(c7ccccc7)c7ccccc7)c6c5cc43)coc21. The first-order valence-electron chi connectivity index (χ1n) is 17.3. The van der Waals surface area contributed by atoms with Crippen LogP contribution >= 0.6 is 19.4 Å². The van der Waals surface area contributed by atoms with Crippen LogP contribution in [0.1, 0.15) is 22.9 Å². The number of hydrogen-bond donors (Lipinski definition) is 0. The first-order valence-corrected chi connectivity index (χ1v) is 19.4. The van der Waals surface area contributed by atoms with Gasteiger partial charge in [-0.05, 0) is 48.9 Å². The fourth-order valence-corrected chi connectivity index (χ4v) is 11.9. The maximum Gasteiger partial charge on any atom is 0.131 e. The molecule has 0 amide bonds. The number of allylic oxidation sites excluding steroid dienone is 1. The molecule has 10 aromatic rings. The maximum atomic E-state index is 6.30. The lowest BCUT2D eigenvalue weighted by atomic mass is 9.90. The fraction of sp³-hybridized carbons (Fsp3) is 0.0444. The van der Waals surface area contributed by atoms with Crippen molar-refractivity contribution < 1.29 is 4.42 Å². The Morgan fingerprint density at radius 2 is 1.37 bits per heavy atom. The van der Waals surface area contributed by atoms with Crippen molar-refractivity contribution in [1.29, 1.82) is 0 Å². The molecule has 5 heterocycles. The number of thiophene rings is 1. The van der Waals surface area contributed by atoms with Crippen molar-refractivity contribution in [2.45, 2.75) is 12.3 Å². The van der Waals surface area contributed by atoms with Crippen molar-refractivity contribution in [1.82, 2.24) is 13.9 Å². The van der Waals surface area contributed by atoms with E-state index in [1.54, 1.807) is 0 Å². The summed E-state index contributed by atoms with van der Waals surface area (Å²) in [7, 11) is -0.909. The average molecular weight is 692 g/mol. The lowest BCUT2D eigenvalue weighted by Gasteiger charge is -2.22. The van der Waals surface area contributed by atoms with E-state index in [0.717, 1.165) is 23.6 Å². The molecule has 51 heavy (non-hydrogen) atoms. The maximum absolute atomic E-state index is 6.30. The van der Waals surface area contributed by atoms with Gasteiger partial charge in [0.15, 0.2) is 0 Å². The molecule has 0 aliphatic heterocycles. The molecular formula is C45H30N3OPS. The molecule has 4 nitrogen and oxygen atoms in total. The predicted molar refractivity (Wildman–Crippen MR) is 216 cm³/mol. The van der Waals surface area contributed by atoms with Gasteiger partial charge in [-0.15, -0.1) is 11.3 Å². The molecular weight excluding hydrogens is 662 g/mol. The van der Waals surface area contributed by atoms with Gasteiger partial charge >= 0.3 is 0 Å². The highest BCUT2D eigenvalue weighted by molar-refractivity contribution is 7.72. The summed E-state index contributed by atoms with van der Waals surface area (Å²) in [6.07, 6.45) is 9.03. The Hall–Kier alpha value is -5.74. The van der Waals surface area contributed by atoms with Gasteiger partial charge in [0, 0.05) is 60.2 Å². The summed E-state index contributed by atoms with van der Waals surface area (Å²) in [6, 6.07) is 50.9. The molecule has 5 aromatic carbocycles. The molecule has 5 aromatic heterocycles. The Labute approximate surface area is 299 Å². The van der Waals surface area contributed by atoms with Crippen molar-refractivity contribution in [3.05, 3.63) is 175 Å². The summed E-state index contributed by atoms with van der Waals surface area (Å²) in [6.45, 7) is 0. The highest BCUT2D eigenvalue weighted by Gasteiger charge is 2.28. The number of hydrogen-bond acceptors (Lipinski definition) is 3. The van der Waals surface area contributed by atoms with Crippen LogP contribution in [-0.2, 0) is 6.42 Å². The van der Waals surface area contributed by atoms with Crippen LogP contribution in [0.25, 0.3) is 64.8 Å². The quantitative estimate of drug-likeness (QED) is 0.168. The van der Waals surface area contributed by atoms with Crippen molar-refractivity contribution in [2.24, 2.45) is 0 Å². The van der Waals surface area contributed by atoms with Crippen molar-refractivity contribution in [3.63, 3.8) is 0 Å². The van der Waals surface area contributed by atoms with Crippen LogP contribution < -0.4 is 10.6 Å². The van der Waals surface area contributed by atoms with Gasteiger partial charge in [-0.1, -0.05) is 109 Å². The van der Waals surface area contributed by atoms with E-state index in [4.69, 9.17) is 9.40 Å². The van der Waals surface area contributed by atoms with Gasteiger partial charge in [-0.2, -0.15) is 0 Å². The minimum absolute atomic E-state index is 0.192. The predicted octanol–water partition coefficient (Wildman–Crippen LogP) is 11.3. The molecule has 1 unspecified atom stereocenters. The van der Waals surface area contributed by atoms with Gasteiger partial charge in [0.2, 0.25) is 0 Å². The van der Waals surface area contributed by atoms with Crippen molar-refractivity contribution >= 4 is 89.1 Å². The first-order chi connectivity index (χ1) is 25.3. The molecule has 0 bridgehead atoms. The minimum Gasteiger partial charge on any atom is -0.462 e. The van der Waals surface area contributed by atoms with Gasteiger partial charge in [0.1, 0.15) is 12.0 Å². The second-order valence-corrected chi connectivity index (χ2v) is 16.3. The molecule has 11 rings (SSSR count). The number of rotatable bonds is 5. The van der Waals surface area contributed by atoms with Crippen LogP contribution in [-0.4, -0.2) is 13.9 Å². The number of nitrogens with zero attached hydrogens (tertiary/aromatic N) is 3. The van der Waals surface area contributed by atoms with E-state index < -0.39 is 8.07 Å². The van der Waals surface area contributed by atoms with Crippen molar-refractivity contribution in [2.75, 3.05) is 0 Å². The number of aromatic nitrogens is 3. The van der Waals surface area contributed by atoms with E-state index in [1.165, 1.54) is 69.2 Å². The average Bonchev–Trinajstić information content (AvgIpc) is 3.94. The summed E-state index contributed by atoms with van der Waals surface area (Å²) in [5.74, 6) is 1.12. The van der Waals surface area contributed by atoms with Crippen molar-refractivity contribution in [3.8, 4) is 5.69 Å². The van der Waals surface area contributed by atoms with Crippen LogP contribution in [0.15, 0.2) is 162 Å². The summed E-state index contributed by atoms with van der Waals surface area (Å²) < 4.78 is 14.0. The number of benzene rings is 5. The largest absolute Gasteiger partial charge is 0.462 e. The molecule has 242 valence electrons. The van der Waals surface area contributed by atoms with E-state index in [-0.39, 0.29) is 5.92 Å². The Balaban J connectivity index is 1.21. The van der Waals surface area contributed by atoms with E-state index in [0.29, 0.717) is 0 Å². The Morgan fingerprint density at radius 1 is 0.667 bits per heavy atom. The number of fused-ring (bicyclic) bond motifs is 9. The number of pyridine rings is 1. The van der Waals surface area contributed by atoms with Gasteiger partial charge in [-0.3, -0.25) is 4.98 Å². The molecule has 1 aliphatic rings. The summed E-state index contributed by atoms with van der Waals surface area (Å²) in [4.78, 5) is 4.70. The normalized spacial score (nSPS) is 14.5. The number of para-hydroxylation sites is 2. The molecule has 0 saturated carbocycles. The third-order valence-corrected chi connectivity index (χ3v) is 13.9. The van der Waals surface area contributed by atoms with Crippen LogP contribution in [0.3, 0.4) is 0 Å². The third kappa shape index (κ3) is 4.39. The molecule has 1 aliphatic carbocycles. The van der Waals surface area contributed by atoms with E-state index in [1.807, 2.05) is 29.9 Å². The Kier molecular flexibility index (Phi) is 6.49. The van der Waals surface area contributed by atoms with Gasteiger partial charge in [-0.25, -0.2) is 0 Å². The Morgan fingerprint density at radius 3 is 2.14 bits per heavy atom. The van der Waals surface area contributed by atoms with Gasteiger partial charge in [0.05, 0.1) is 40.5 Å². The fourth-order valence-electron chi connectivity index (χ4n) is 8.11. The smallest absolute Gasteiger partial charge is 0.131 e. The van der Waals surface area contributed by atoms with Crippen LogP contribution in [0.2, 0.25) is 0 Å². The second-order valence-electron chi connectivity index (χ2n) is 13.2. The molecule has 1 atom stereocenters. The summed E-state index contributed by atoms with van der Waals surface area (Å²) in [5, 5.41) is 7.76. The first kappa shape index (κ1) is 29.0. The van der Waals surface area contributed by atoms with E-state index >= 15 is 0 Å². The van der Waals surface area contributed by atoms with Crippen LogP contribution in [0.5, 0.6) is 0 Å². The topological polar surface area (TPSA) is 35.9 Å². The zero-order valence-corrected chi connectivity index (χ0v) is 29.2. The molecule has 6 heteroatoms. The second kappa shape index (κ2) is 11.4. The lowest BCUT2D eigenvalue weighted by molar-refractivity contribution is 0.548. The zero-order chi connectivity index (χ0) is 33.5. The molecule has 0 N–H and O–H groups in total. The standard InChI is InChI=1S/C45H30N3OPS/c1-3-13-30(14-4-1)50(31-15-5-2-6-16-31)48-39-21-10-8-18-33(39)45-44(48)36-26-40-34(27-43(36)51-45)32-17-7-9-20-38(32)47(40)41-28-49-42-23-22-29(25-35(41)42)37-19-11-12-24-46-37/h1-24,26-29H,25H2. The van der Waals surface area contributed by atoms with Crippen LogP contribution in [0.4, 0.5) is 0 Å². The van der Waals surface area contributed by atoms with Crippen LogP contribution in [0, 0.1) is 0 Å². The molecule has 0 fully saturated rings. The molecule has 0 saturated heterocycles. The summed E-state index contributed by atoms with van der Waals surface area (Å²) in [5.41, 5.74) is 8.36. The van der Waals surface area contributed by atoms with Gasteiger partial charge < -0.3 is 13.3 Å². The zero-order valence-electron chi connectivity index (χ0n) is 27.5. The van der Waals surface area contributed by atoms with E-state index in [2.05, 4.69) is 155 Å². The highest BCUT2D eigenvalue weighted by Crippen LogP contribution is 2.51. The third-order valence-electron chi connectivity index (χ3n) is 10.4. The Bertz CT molecular complexity index is 2910. The van der Waals surface area contributed by atoms with Gasteiger partial charge in [0.25, 0.3) is 0 Å². The lowest BCUT2D eigenvalue weighted by Crippen LogP contribution is -2.16. The number of furan rings is 1.